The molecule has 0 spiro atoms. The second-order valence-corrected chi connectivity index (χ2v) is 8.42. The lowest BCUT2D eigenvalue weighted by Gasteiger charge is -2.32. The number of aryl methyl sites for hydroxylation is 1. The predicted octanol–water partition coefficient (Wildman–Crippen LogP) is 1.55. The molecule has 9 nitrogen and oxygen atoms in total. The molecular weight excluding hydrogens is 422 g/mol. The minimum absolute atomic E-state index is 0.0285. The molecule has 2 aromatic rings. The Balaban J connectivity index is 1.54. The van der Waals surface area contributed by atoms with Crippen LogP contribution in [0.4, 0.5) is 11.4 Å². The van der Waals surface area contributed by atoms with Crippen LogP contribution in [0, 0.1) is 5.92 Å². The standard InChI is InChI=1S/C24H29N5O4/c1-3-11-29-21-8-7-19(28-13-9-22(28)31)15-20(21)24(33,23(29)32)17(2)6-4-5-12-27-16-18(10-14-30)25-26-27/h3-4,6-8,15-17,30,33H,1,5,9-14H2,2H3/b6-4+/t17-,24+/m0/s1. The molecular formula is C24H29N5O4. The number of fused-ring (bicyclic) bond motifs is 1. The molecule has 0 bridgehead atoms. The summed E-state index contributed by atoms with van der Waals surface area (Å²) in [7, 11) is 0. The fraction of sp³-hybridized carbons (Fsp3) is 0.417. The molecule has 174 valence electrons. The van der Waals surface area contributed by atoms with Gasteiger partial charge in [0.05, 0.1) is 11.4 Å². The number of aromatic nitrogens is 3. The van der Waals surface area contributed by atoms with Gasteiger partial charge in [-0.05, 0) is 24.6 Å². The molecule has 1 aromatic carbocycles. The first-order valence-electron chi connectivity index (χ1n) is 11.2. The van der Waals surface area contributed by atoms with Gasteiger partial charge in [0.2, 0.25) is 5.91 Å². The third-order valence-corrected chi connectivity index (χ3v) is 6.29. The van der Waals surface area contributed by atoms with Crippen LogP contribution in [-0.2, 0) is 28.2 Å². The molecule has 33 heavy (non-hydrogen) atoms. The monoisotopic (exact) mass is 451 g/mol. The van der Waals surface area contributed by atoms with E-state index in [1.54, 1.807) is 34.0 Å². The summed E-state index contributed by atoms with van der Waals surface area (Å²) in [5.41, 5.74) is 0.834. The zero-order valence-electron chi connectivity index (χ0n) is 18.7. The lowest BCUT2D eigenvalue weighted by atomic mass is 9.82. The predicted molar refractivity (Wildman–Crippen MR) is 124 cm³/mol. The highest BCUT2D eigenvalue weighted by Crippen LogP contribution is 2.46. The fourth-order valence-electron chi connectivity index (χ4n) is 4.32. The molecule has 1 aromatic heterocycles. The number of benzene rings is 1. The van der Waals surface area contributed by atoms with E-state index in [4.69, 9.17) is 5.11 Å². The lowest BCUT2D eigenvalue weighted by molar-refractivity contribution is -0.139. The van der Waals surface area contributed by atoms with Gasteiger partial charge in [-0.2, -0.15) is 0 Å². The molecule has 3 heterocycles. The first kappa shape index (κ1) is 22.9. The molecule has 2 aliphatic rings. The summed E-state index contributed by atoms with van der Waals surface area (Å²) in [6.45, 7) is 7.09. The van der Waals surface area contributed by atoms with E-state index in [1.807, 2.05) is 25.1 Å². The summed E-state index contributed by atoms with van der Waals surface area (Å²) in [5.74, 6) is -0.859. The van der Waals surface area contributed by atoms with Crippen molar-refractivity contribution >= 4 is 23.2 Å². The van der Waals surface area contributed by atoms with Crippen LogP contribution in [0.15, 0.2) is 49.2 Å². The van der Waals surface area contributed by atoms with Crippen molar-refractivity contribution < 1.29 is 19.8 Å². The molecule has 0 saturated carbocycles. The Morgan fingerprint density at radius 2 is 2.15 bits per heavy atom. The molecule has 4 rings (SSSR count). The Kier molecular flexibility index (Phi) is 6.44. The number of rotatable bonds is 10. The van der Waals surface area contributed by atoms with Gasteiger partial charge in [-0.15, -0.1) is 11.7 Å². The second-order valence-electron chi connectivity index (χ2n) is 8.42. The van der Waals surface area contributed by atoms with Crippen molar-refractivity contribution in [2.24, 2.45) is 5.92 Å². The summed E-state index contributed by atoms with van der Waals surface area (Å²) in [4.78, 5) is 28.5. The number of carbonyl (C=O) groups excluding carboxylic acids is 2. The topological polar surface area (TPSA) is 112 Å². The molecule has 9 heteroatoms. The summed E-state index contributed by atoms with van der Waals surface area (Å²) in [5, 5.41) is 28.7. The number of aliphatic hydroxyl groups is 2. The molecule has 2 N–H and O–H groups in total. The van der Waals surface area contributed by atoms with Crippen LogP contribution < -0.4 is 9.80 Å². The van der Waals surface area contributed by atoms with Gasteiger partial charge in [0, 0.05) is 62.4 Å². The van der Waals surface area contributed by atoms with Crippen LogP contribution >= 0.6 is 0 Å². The molecule has 2 amide bonds. The van der Waals surface area contributed by atoms with Crippen molar-refractivity contribution in [1.82, 2.24) is 15.0 Å². The molecule has 0 unspecified atom stereocenters. The van der Waals surface area contributed by atoms with Crippen molar-refractivity contribution in [3.8, 4) is 0 Å². The maximum Gasteiger partial charge on any atom is 0.264 e. The first-order valence-corrected chi connectivity index (χ1v) is 11.2. The van der Waals surface area contributed by atoms with Crippen LogP contribution in [0.1, 0.15) is 31.0 Å². The molecule has 0 aliphatic carbocycles. The zero-order chi connectivity index (χ0) is 23.6. The smallest absolute Gasteiger partial charge is 0.264 e. The van der Waals surface area contributed by atoms with Crippen LogP contribution in [-0.4, -0.2) is 56.7 Å². The summed E-state index contributed by atoms with van der Waals surface area (Å²) in [6.07, 6.45) is 8.80. The number of carbonyl (C=O) groups is 2. The van der Waals surface area contributed by atoms with E-state index in [9.17, 15) is 14.7 Å². The molecule has 0 radical (unpaired) electrons. The maximum atomic E-state index is 13.3. The van der Waals surface area contributed by atoms with Crippen LogP contribution in [0.25, 0.3) is 0 Å². The molecule has 2 aliphatic heterocycles. The highest BCUT2D eigenvalue weighted by Gasteiger charge is 2.52. The minimum atomic E-state index is -1.74. The van der Waals surface area contributed by atoms with E-state index in [0.29, 0.717) is 49.3 Å². The Morgan fingerprint density at radius 1 is 1.33 bits per heavy atom. The number of β-lactam (4-membered cyclic amide) rings is 1. The largest absolute Gasteiger partial charge is 0.396 e. The third-order valence-electron chi connectivity index (χ3n) is 6.29. The van der Waals surface area contributed by atoms with E-state index in [2.05, 4.69) is 16.9 Å². The highest BCUT2D eigenvalue weighted by molar-refractivity contribution is 6.08. The van der Waals surface area contributed by atoms with E-state index in [0.717, 1.165) is 5.69 Å². The van der Waals surface area contributed by atoms with Crippen molar-refractivity contribution in [3.63, 3.8) is 0 Å². The van der Waals surface area contributed by atoms with Gasteiger partial charge in [0.25, 0.3) is 5.91 Å². The van der Waals surface area contributed by atoms with Gasteiger partial charge >= 0.3 is 0 Å². The quantitative estimate of drug-likeness (QED) is 0.419. The van der Waals surface area contributed by atoms with Gasteiger partial charge in [-0.1, -0.05) is 30.4 Å². The average molecular weight is 452 g/mol. The Morgan fingerprint density at radius 3 is 2.82 bits per heavy atom. The number of anilines is 2. The number of nitrogens with zero attached hydrogens (tertiary/aromatic N) is 5. The Hall–Kier alpha value is -3.30. The van der Waals surface area contributed by atoms with E-state index < -0.39 is 17.4 Å². The Bertz CT molecular complexity index is 1090. The maximum absolute atomic E-state index is 13.3. The normalized spacial score (nSPS) is 20.9. The minimum Gasteiger partial charge on any atom is -0.396 e. The highest BCUT2D eigenvalue weighted by atomic mass is 16.3. The van der Waals surface area contributed by atoms with Crippen molar-refractivity contribution in [2.75, 3.05) is 29.5 Å². The number of hydrogen-bond acceptors (Lipinski definition) is 6. The summed E-state index contributed by atoms with van der Waals surface area (Å²) < 4.78 is 1.70. The SMILES string of the molecule is C=CCN1C(=O)[C@@](O)([C@@H](C)/C=C/CCn2cc(CCO)nn2)c2cc(N3CCC3=O)ccc21. The van der Waals surface area contributed by atoms with Crippen molar-refractivity contribution in [3.05, 3.63) is 60.5 Å². The summed E-state index contributed by atoms with van der Waals surface area (Å²) in [6, 6.07) is 5.37. The van der Waals surface area contributed by atoms with Gasteiger partial charge < -0.3 is 20.0 Å². The van der Waals surface area contributed by atoms with E-state index in [1.165, 1.54) is 4.90 Å². The fourth-order valence-corrected chi connectivity index (χ4v) is 4.32. The number of hydrogen-bond donors (Lipinski definition) is 2. The summed E-state index contributed by atoms with van der Waals surface area (Å²) >= 11 is 0. The second kappa shape index (κ2) is 9.29. The average Bonchev–Trinajstić information content (AvgIpc) is 3.33. The van der Waals surface area contributed by atoms with E-state index >= 15 is 0 Å². The number of aliphatic hydroxyl groups excluding tert-OH is 1. The van der Waals surface area contributed by atoms with E-state index in [-0.39, 0.29) is 19.1 Å². The molecule has 1 saturated heterocycles. The van der Waals surface area contributed by atoms with Gasteiger partial charge in [-0.3, -0.25) is 14.3 Å². The van der Waals surface area contributed by atoms with Gasteiger partial charge in [0.15, 0.2) is 5.60 Å². The number of amides is 2. The Labute approximate surface area is 192 Å². The zero-order valence-corrected chi connectivity index (χ0v) is 18.7. The first-order chi connectivity index (χ1) is 15.9. The van der Waals surface area contributed by atoms with Crippen molar-refractivity contribution in [1.29, 1.82) is 0 Å². The van der Waals surface area contributed by atoms with Gasteiger partial charge in [0.1, 0.15) is 0 Å². The van der Waals surface area contributed by atoms with Crippen LogP contribution in [0.2, 0.25) is 0 Å². The lowest BCUT2D eigenvalue weighted by Crippen LogP contribution is -2.45. The van der Waals surface area contributed by atoms with Crippen LogP contribution in [0.5, 0.6) is 0 Å². The molecule has 2 atom stereocenters. The number of allylic oxidation sites excluding steroid dienone is 1. The van der Waals surface area contributed by atoms with Crippen LogP contribution in [0.3, 0.4) is 0 Å². The van der Waals surface area contributed by atoms with Gasteiger partial charge in [-0.25, -0.2) is 0 Å². The van der Waals surface area contributed by atoms with Crippen molar-refractivity contribution in [2.45, 2.75) is 38.3 Å². The molecule has 1 fully saturated rings. The third kappa shape index (κ3) is 4.09.